The minimum Gasteiger partial charge on any atom is -0.449 e. The number of ether oxygens (including phenoxy) is 1. The summed E-state index contributed by atoms with van der Waals surface area (Å²) in [5.74, 6) is -0.563. The highest BCUT2D eigenvalue weighted by Gasteiger charge is 2.25. The minimum atomic E-state index is -0.707. The van der Waals surface area contributed by atoms with Gasteiger partial charge in [0.15, 0.2) is 0 Å². The first-order valence-electron chi connectivity index (χ1n) is 5.45. The molecule has 0 unspecified atom stereocenters. The van der Waals surface area contributed by atoms with Crippen LogP contribution < -0.4 is 0 Å². The van der Waals surface area contributed by atoms with E-state index in [-0.39, 0.29) is 28.8 Å². The van der Waals surface area contributed by atoms with Gasteiger partial charge in [0.25, 0.3) is 5.91 Å². The predicted molar refractivity (Wildman–Crippen MR) is 70.2 cm³/mol. The average Bonchev–Trinajstić information content (AvgIpc) is 2.30. The second kappa shape index (κ2) is 6.61. The number of carbonyl (C=O) groups is 2. The van der Waals surface area contributed by atoms with Gasteiger partial charge in [0.05, 0.1) is 22.2 Å². The van der Waals surface area contributed by atoms with Gasteiger partial charge in [0.1, 0.15) is 0 Å². The van der Waals surface area contributed by atoms with Gasteiger partial charge in [-0.25, -0.2) is 9.69 Å². The molecule has 1 aromatic carbocycles. The van der Waals surface area contributed by atoms with Crippen LogP contribution in [-0.2, 0) is 4.74 Å². The van der Waals surface area contributed by atoms with E-state index in [1.807, 2.05) is 0 Å². The average molecular weight is 290 g/mol. The monoisotopic (exact) mass is 289 g/mol. The largest absolute Gasteiger partial charge is 0.449 e. The Labute approximate surface area is 115 Å². The number of nitrogens with zero attached hydrogens (tertiary/aromatic N) is 1. The standard InChI is InChI=1S/C12H13Cl2NO3/c1-3-15(12(17)18-4-2)11(16)10-8(13)6-5-7-9(10)14/h5-7H,3-4H2,1-2H3. The van der Waals surface area contributed by atoms with Crippen LogP contribution in [0.5, 0.6) is 0 Å². The summed E-state index contributed by atoms with van der Waals surface area (Å²) in [5.41, 5.74) is 0.107. The number of carbonyl (C=O) groups excluding carboxylic acids is 2. The Balaban J connectivity index is 3.08. The van der Waals surface area contributed by atoms with E-state index in [0.717, 1.165) is 4.90 Å². The Hall–Kier alpha value is -1.26. The van der Waals surface area contributed by atoms with E-state index in [9.17, 15) is 9.59 Å². The van der Waals surface area contributed by atoms with Gasteiger partial charge in [-0.1, -0.05) is 29.3 Å². The summed E-state index contributed by atoms with van der Waals surface area (Å²) in [6, 6.07) is 4.71. The van der Waals surface area contributed by atoms with Gasteiger partial charge in [-0.15, -0.1) is 0 Å². The first-order valence-corrected chi connectivity index (χ1v) is 6.21. The fourth-order valence-electron chi connectivity index (χ4n) is 1.39. The van der Waals surface area contributed by atoms with Crippen LogP contribution in [0.2, 0.25) is 10.0 Å². The smallest absolute Gasteiger partial charge is 0.416 e. The highest BCUT2D eigenvalue weighted by Crippen LogP contribution is 2.25. The fraction of sp³-hybridized carbons (Fsp3) is 0.333. The Bertz CT molecular complexity index is 442. The van der Waals surface area contributed by atoms with Gasteiger partial charge in [0, 0.05) is 6.54 Å². The first kappa shape index (κ1) is 14.8. The van der Waals surface area contributed by atoms with Crippen molar-refractivity contribution in [3.05, 3.63) is 33.8 Å². The van der Waals surface area contributed by atoms with E-state index < -0.39 is 12.0 Å². The quantitative estimate of drug-likeness (QED) is 0.854. The Morgan fingerprint density at radius 3 is 2.22 bits per heavy atom. The third kappa shape index (κ3) is 3.15. The molecule has 0 N–H and O–H groups in total. The van der Waals surface area contributed by atoms with Gasteiger partial charge in [-0.3, -0.25) is 4.79 Å². The van der Waals surface area contributed by atoms with Crippen LogP contribution in [-0.4, -0.2) is 30.1 Å². The van der Waals surface area contributed by atoms with Crippen LogP contribution in [0.3, 0.4) is 0 Å². The van der Waals surface area contributed by atoms with E-state index in [2.05, 4.69) is 0 Å². The fourth-order valence-corrected chi connectivity index (χ4v) is 1.95. The number of benzene rings is 1. The van der Waals surface area contributed by atoms with Crippen molar-refractivity contribution in [1.29, 1.82) is 0 Å². The maximum absolute atomic E-state index is 12.2. The lowest BCUT2D eigenvalue weighted by atomic mass is 10.2. The molecule has 0 bridgehead atoms. The summed E-state index contributed by atoms with van der Waals surface area (Å²) in [6.45, 7) is 3.70. The second-order valence-corrected chi connectivity index (χ2v) is 4.16. The number of hydrogen-bond acceptors (Lipinski definition) is 3. The summed E-state index contributed by atoms with van der Waals surface area (Å²) in [4.78, 5) is 24.8. The molecule has 4 nitrogen and oxygen atoms in total. The van der Waals surface area contributed by atoms with Gasteiger partial charge in [-0.2, -0.15) is 0 Å². The Morgan fingerprint density at radius 1 is 1.22 bits per heavy atom. The third-order valence-electron chi connectivity index (χ3n) is 2.23. The molecule has 0 aliphatic carbocycles. The van der Waals surface area contributed by atoms with Crippen LogP contribution >= 0.6 is 23.2 Å². The van der Waals surface area contributed by atoms with Crippen LogP contribution in [0, 0.1) is 0 Å². The van der Waals surface area contributed by atoms with E-state index in [1.54, 1.807) is 32.0 Å². The van der Waals surface area contributed by atoms with E-state index in [4.69, 9.17) is 27.9 Å². The number of rotatable bonds is 3. The lowest BCUT2D eigenvalue weighted by Gasteiger charge is -2.19. The predicted octanol–water partition coefficient (Wildman–Crippen LogP) is 3.61. The van der Waals surface area contributed by atoms with Crippen LogP contribution in [0.1, 0.15) is 24.2 Å². The van der Waals surface area contributed by atoms with E-state index in [1.165, 1.54) is 0 Å². The highest BCUT2D eigenvalue weighted by atomic mass is 35.5. The molecule has 0 aliphatic rings. The number of halogens is 2. The summed E-state index contributed by atoms with van der Waals surface area (Å²) in [6.07, 6.45) is -0.707. The lowest BCUT2D eigenvalue weighted by molar-refractivity contribution is 0.0683. The van der Waals surface area contributed by atoms with Crippen molar-refractivity contribution < 1.29 is 14.3 Å². The maximum Gasteiger partial charge on any atom is 0.416 e. The van der Waals surface area contributed by atoms with Crippen molar-refractivity contribution in [2.24, 2.45) is 0 Å². The van der Waals surface area contributed by atoms with Crippen molar-refractivity contribution in [1.82, 2.24) is 4.90 Å². The molecule has 98 valence electrons. The van der Waals surface area contributed by atoms with Gasteiger partial charge in [0.2, 0.25) is 0 Å². The molecule has 0 aromatic heterocycles. The second-order valence-electron chi connectivity index (χ2n) is 3.34. The molecule has 0 saturated carbocycles. The third-order valence-corrected chi connectivity index (χ3v) is 2.86. The van der Waals surface area contributed by atoms with E-state index in [0.29, 0.717) is 0 Å². The molecule has 0 radical (unpaired) electrons. The summed E-state index contributed by atoms with van der Waals surface area (Å²) in [7, 11) is 0. The van der Waals surface area contributed by atoms with Crippen molar-refractivity contribution in [3.63, 3.8) is 0 Å². The molecule has 2 amide bonds. The van der Waals surface area contributed by atoms with Gasteiger partial charge >= 0.3 is 6.09 Å². The van der Waals surface area contributed by atoms with E-state index >= 15 is 0 Å². The number of imide groups is 1. The molecular formula is C12H13Cl2NO3. The van der Waals surface area contributed by atoms with Crippen molar-refractivity contribution in [2.75, 3.05) is 13.2 Å². The molecule has 0 aliphatic heterocycles. The topological polar surface area (TPSA) is 46.6 Å². The zero-order valence-electron chi connectivity index (χ0n) is 10.1. The number of amides is 2. The molecule has 0 spiro atoms. The normalized spacial score (nSPS) is 10.0. The summed E-state index contributed by atoms with van der Waals surface area (Å²) >= 11 is 11.8. The zero-order valence-corrected chi connectivity index (χ0v) is 11.6. The van der Waals surface area contributed by atoms with Gasteiger partial charge < -0.3 is 4.74 Å². The zero-order chi connectivity index (χ0) is 13.7. The maximum atomic E-state index is 12.2. The number of hydrogen-bond donors (Lipinski definition) is 0. The summed E-state index contributed by atoms with van der Waals surface area (Å²) < 4.78 is 4.80. The molecule has 0 saturated heterocycles. The van der Waals surface area contributed by atoms with Crippen LogP contribution in [0.4, 0.5) is 4.79 Å². The molecular weight excluding hydrogens is 277 g/mol. The molecule has 0 fully saturated rings. The molecule has 18 heavy (non-hydrogen) atoms. The Morgan fingerprint density at radius 2 is 1.78 bits per heavy atom. The first-order chi connectivity index (χ1) is 8.52. The molecule has 0 atom stereocenters. The van der Waals surface area contributed by atoms with Crippen molar-refractivity contribution in [2.45, 2.75) is 13.8 Å². The molecule has 1 rings (SSSR count). The van der Waals surface area contributed by atoms with Crippen LogP contribution in [0.25, 0.3) is 0 Å². The molecule has 6 heteroatoms. The molecule has 0 heterocycles. The van der Waals surface area contributed by atoms with Crippen LogP contribution in [0.15, 0.2) is 18.2 Å². The Kier molecular flexibility index (Phi) is 5.44. The highest BCUT2D eigenvalue weighted by molar-refractivity contribution is 6.40. The molecule has 1 aromatic rings. The lowest BCUT2D eigenvalue weighted by Crippen LogP contribution is -2.37. The van der Waals surface area contributed by atoms with Crippen molar-refractivity contribution in [3.8, 4) is 0 Å². The summed E-state index contributed by atoms with van der Waals surface area (Å²) in [5, 5.41) is 0.408. The minimum absolute atomic E-state index is 0.107. The van der Waals surface area contributed by atoms with Gasteiger partial charge in [-0.05, 0) is 26.0 Å². The van der Waals surface area contributed by atoms with Crippen molar-refractivity contribution >= 4 is 35.2 Å². The SMILES string of the molecule is CCOC(=O)N(CC)C(=O)c1c(Cl)cccc1Cl.